The molecule has 1 aromatic rings. The van der Waals surface area contributed by atoms with Crippen LogP contribution in [0.5, 0.6) is 0 Å². The molecule has 0 saturated heterocycles. The highest BCUT2D eigenvalue weighted by molar-refractivity contribution is 5.38. The van der Waals surface area contributed by atoms with Crippen molar-refractivity contribution in [3.05, 3.63) is 60.0 Å². The monoisotopic (exact) mass is 510 g/mol. The molecule has 2 saturated carbocycles. The quantitative estimate of drug-likeness (QED) is 0.205. The van der Waals surface area contributed by atoms with Crippen LogP contribution in [0.1, 0.15) is 122 Å². The van der Waals surface area contributed by atoms with Gasteiger partial charge >= 0.3 is 0 Å². The molecule has 4 atom stereocenters. The molecule has 4 unspecified atom stereocenters. The lowest BCUT2D eigenvalue weighted by Crippen LogP contribution is -2.39. The van der Waals surface area contributed by atoms with Gasteiger partial charge in [-0.05, 0) is 85.8 Å². The third kappa shape index (κ3) is 7.15. The summed E-state index contributed by atoms with van der Waals surface area (Å²) in [6.07, 6.45) is 23.5. The van der Waals surface area contributed by atoms with E-state index in [-0.39, 0.29) is 17.8 Å². The molecule has 0 amide bonds. The number of alkyl halides is 1. The predicted octanol–water partition coefficient (Wildman–Crippen LogP) is 11.1. The van der Waals surface area contributed by atoms with Crippen LogP contribution >= 0.6 is 0 Å². The molecule has 0 heterocycles. The Morgan fingerprint density at radius 2 is 1.41 bits per heavy atom. The maximum atomic E-state index is 16.0. The third-order valence-corrected chi connectivity index (χ3v) is 10.7. The first-order valence-corrected chi connectivity index (χ1v) is 15.7. The molecule has 3 aliphatic rings. The zero-order valence-corrected chi connectivity index (χ0v) is 23.8. The Balaban J connectivity index is 1.22. The maximum Gasteiger partial charge on any atom is 0.182 e. The fourth-order valence-electron chi connectivity index (χ4n) is 7.85. The summed E-state index contributed by atoms with van der Waals surface area (Å²) in [7, 11) is 0. The molecule has 0 aliphatic heterocycles. The molecule has 0 aromatic heterocycles. The van der Waals surface area contributed by atoms with Crippen molar-refractivity contribution in [3.8, 4) is 0 Å². The Labute approximate surface area is 226 Å². The second-order valence-corrected chi connectivity index (χ2v) is 12.9. The van der Waals surface area contributed by atoms with E-state index in [1.54, 1.807) is 0 Å². The van der Waals surface area contributed by atoms with Gasteiger partial charge in [0.15, 0.2) is 5.67 Å². The standard InChI is InChI=1S/C35H52F2/c1-4-5-6-7-9-12-28-15-17-29(18-16-28)26(2)30-19-21-31(22-20-30)27(3)35(37)24-23-33(25-34(35)36)32-13-10-8-11-14-32/h8,10-11,13-14,23-31,33H,4-7,9,12,15-22H2,1-3H3. The number of hydrogen-bond donors (Lipinski definition) is 0. The summed E-state index contributed by atoms with van der Waals surface area (Å²) in [5, 5.41) is 0. The fourth-order valence-corrected chi connectivity index (χ4v) is 7.85. The van der Waals surface area contributed by atoms with Crippen molar-refractivity contribution in [2.75, 3.05) is 0 Å². The van der Waals surface area contributed by atoms with E-state index in [0.717, 1.165) is 42.1 Å². The summed E-state index contributed by atoms with van der Waals surface area (Å²) < 4.78 is 31.3. The van der Waals surface area contributed by atoms with E-state index in [4.69, 9.17) is 0 Å². The van der Waals surface area contributed by atoms with E-state index in [2.05, 4.69) is 13.8 Å². The zero-order chi connectivity index (χ0) is 26.3. The van der Waals surface area contributed by atoms with Crippen molar-refractivity contribution in [2.24, 2.45) is 35.5 Å². The van der Waals surface area contributed by atoms with Crippen LogP contribution in [0.15, 0.2) is 54.4 Å². The van der Waals surface area contributed by atoms with Gasteiger partial charge in [-0.15, -0.1) is 0 Å². The van der Waals surface area contributed by atoms with Crippen molar-refractivity contribution >= 4 is 0 Å². The second kappa shape index (κ2) is 13.6. The van der Waals surface area contributed by atoms with Crippen molar-refractivity contribution in [2.45, 2.75) is 122 Å². The highest BCUT2D eigenvalue weighted by atomic mass is 19.2. The number of rotatable bonds is 11. The summed E-state index contributed by atoms with van der Waals surface area (Å²) in [6, 6.07) is 9.83. The number of hydrogen-bond acceptors (Lipinski definition) is 0. The Hall–Kier alpha value is -1.44. The molecule has 37 heavy (non-hydrogen) atoms. The molecule has 0 bridgehead atoms. The van der Waals surface area contributed by atoms with Crippen LogP contribution in [0, 0.1) is 35.5 Å². The fraction of sp³-hybridized carbons (Fsp3) is 0.714. The van der Waals surface area contributed by atoms with Gasteiger partial charge in [-0.2, -0.15) is 0 Å². The van der Waals surface area contributed by atoms with Crippen LogP contribution in [-0.2, 0) is 0 Å². The molecule has 3 aliphatic carbocycles. The normalized spacial score (nSPS) is 34.1. The molecule has 2 fully saturated rings. The molecule has 1 aromatic carbocycles. The minimum Gasteiger partial charge on any atom is -0.231 e. The molecular weight excluding hydrogens is 458 g/mol. The molecular formula is C35H52F2. The van der Waals surface area contributed by atoms with Gasteiger partial charge in [-0.1, -0.05) is 109 Å². The van der Waals surface area contributed by atoms with Gasteiger partial charge in [0.2, 0.25) is 0 Å². The first-order chi connectivity index (χ1) is 17.9. The van der Waals surface area contributed by atoms with Gasteiger partial charge in [0.05, 0.1) is 0 Å². The summed E-state index contributed by atoms with van der Waals surface area (Å²) >= 11 is 0. The molecule has 4 rings (SSSR count). The Bertz CT molecular complexity index is 857. The van der Waals surface area contributed by atoms with Crippen molar-refractivity contribution in [1.82, 2.24) is 0 Å². The highest BCUT2D eigenvalue weighted by Gasteiger charge is 2.45. The largest absolute Gasteiger partial charge is 0.231 e. The minimum atomic E-state index is -1.96. The SMILES string of the molecule is CCCCCCCC1CCC(C(C)C2CCC(C(C)C3(F)C=CC(c4ccccc4)C=C3F)CC2)CC1. The first kappa shape index (κ1) is 28.6. The van der Waals surface area contributed by atoms with Gasteiger partial charge in [0.1, 0.15) is 5.83 Å². The van der Waals surface area contributed by atoms with Crippen LogP contribution in [0.25, 0.3) is 0 Å². The lowest BCUT2D eigenvalue weighted by molar-refractivity contribution is 0.0618. The van der Waals surface area contributed by atoms with Crippen LogP contribution in [0.2, 0.25) is 0 Å². The number of allylic oxidation sites excluding steroid dienone is 4. The van der Waals surface area contributed by atoms with Crippen molar-refractivity contribution in [1.29, 1.82) is 0 Å². The average Bonchev–Trinajstić information content (AvgIpc) is 2.94. The van der Waals surface area contributed by atoms with Crippen LogP contribution in [-0.4, -0.2) is 5.67 Å². The molecule has 0 nitrogen and oxygen atoms in total. The summed E-state index contributed by atoms with van der Waals surface area (Å²) in [6.45, 7) is 6.73. The smallest absolute Gasteiger partial charge is 0.182 e. The van der Waals surface area contributed by atoms with E-state index in [0.29, 0.717) is 0 Å². The first-order valence-electron chi connectivity index (χ1n) is 15.7. The molecule has 206 valence electrons. The maximum absolute atomic E-state index is 16.0. The Morgan fingerprint density at radius 1 is 0.811 bits per heavy atom. The van der Waals surface area contributed by atoms with E-state index < -0.39 is 11.5 Å². The van der Waals surface area contributed by atoms with E-state index >= 15 is 8.78 Å². The van der Waals surface area contributed by atoms with Gasteiger partial charge in [0.25, 0.3) is 0 Å². The topological polar surface area (TPSA) is 0 Å². The van der Waals surface area contributed by atoms with Crippen LogP contribution < -0.4 is 0 Å². The van der Waals surface area contributed by atoms with E-state index in [1.807, 2.05) is 43.3 Å². The van der Waals surface area contributed by atoms with Crippen LogP contribution in [0.3, 0.4) is 0 Å². The number of halogens is 2. The van der Waals surface area contributed by atoms with Gasteiger partial charge in [-0.3, -0.25) is 0 Å². The summed E-state index contributed by atoms with van der Waals surface area (Å²) in [4.78, 5) is 0. The number of unbranched alkanes of at least 4 members (excludes halogenated alkanes) is 4. The molecule has 0 spiro atoms. The van der Waals surface area contributed by atoms with Crippen molar-refractivity contribution in [3.63, 3.8) is 0 Å². The van der Waals surface area contributed by atoms with Gasteiger partial charge < -0.3 is 0 Å². The lowest BCUT2D eigenvalue weighted by atomic mass is 9.64. The average molecular weight is 511 g/mol. The second-order valence-electron chi connectivity index (χ2n) is 12.9. The van der Waals surface area contributed by atoms with Gasteiger partial charge in [-0.25, -0.2) is 8.78 Å². The molecule has 0 radical (unpaired) electrons. The third-order valence-electron chi connectivity index (χ3n) is 10.7. The summed E-state index contributed by atoms with van der Waals surface area (Å²) in [5.41, 5.74) is -0.942. The molecule has 2 heteroatoms. The summed E-state index contributed by atoms with van der Waals surface area (Å²) in [5.74, 6) is 2.56. The Morgan fingerprint density at radius 3 is 2.03 bits per heavy atom. The van der Waals surface area contributed by atoms with E-state index in [9.17, 15) is 0 Å². The Kier molecular flexibility index (Phi) is 10.5. The van der Waals surface area contributed by atoms with E-state index in [1.165, 1.54) is 89.2 Å². The molecule has 0 N–H and O–H groups in total. The lowest BCUT2D eigenvalue weighted by Gasteiger charge is -2.42. The van der Waals surface area contributed by atoms with Crippen molar-refractivity contribution < 1.29 is 8.78 Å². The zero-order valence-electron chi connectivity index (χ0n) is 23.8. The van der Waals surface area contributed by atoms with Gasteiger partial charge in [0, 0.05) is 11.8 Å². The van der Waals surface area contributed by atoms with Crippen LogP contribution in [0.4, 0.5) is 8.78 Å². The highest BCUT2D eigenvalue weighted by Crippen LogP contribution is 2.49. The number of benzene rings is 1. The predicted molar refractivity (Wildman–Crippen MR) is 154 cm³/mol. The minimum absolute atomic E-state index is 0.176.